The van der Waals surface area contributed by atoms with Gasteiger partial charge in [0, 0.05) is 45.7 Å². The fraction of sp³-hybridized carbons (Fsp3) is 0.526. The first-order valence-electron chi connectivity index (χ1n) is 9.02. The highest BCUT2D eigenvalue weighted by Crippen LogP contribution is 2.23. The summed E-state index contributed by atoms with van der Waals surface area (Å²) in [6.45, 7) is 3.14. The largest absolute Gasteiger partial charge is 0.453 e. The topological polar surface area (TPSA) is 70.2 Å². The smallest absolute Gasteiger partial charge is 0.409 e. The monoisotopic (exact) mass is 359 g/mol. The molecule has 1 atom stereocenters. The predicted octanol–water partition coefficient (Wildman–Crippen LogP) is 1.34. The van der Waals surface area contributed by atoms with Crippen molar-refractivity contribution in [2.45, 2.75) is 19.4 Å². The zero-order valence-corrected chi connectivity index (χ0v) is 15.1. The van der Waals surface area contributed by atoms with Gasteiger partial charge in [-0.15, -0.1) is 0 Å². The zero-order valence-electron chi connectivity index (χ0n) is 15.1. The minimum absolute atomic E-state index is 0.0145. The van der Waals surface area contributed by atoms with E-state index < -0.39 is 0 Å². The van der Waals surface area contributed by atoms with Crippen LogP contribution in [0.15, 0.2) is 30.3 Å². The maximum atomic E-state index is 12.9. The third-order valence-corrected chi connectivity index (χ3v) is 5.02. The Labute approximate surface area is 153 Å². The Hall–Kier alpha value is -2.57. The van der Waals surface area contributed by atoms with Crippen LogP contribution in [0.2, 0.25) is 0 Å². The first kappa shape index (κ1) is 18.2. The fourth-order valence-corrected chi connectivity index (χ4v) is 3.60. The van der Waals surface area contributed by atoms with Crippen molar-refractivity contribution in [2.24, 2.45) is 5.92 Å². The molecule has 140 valence electrons. The van der Waals surface area contributed by atoms with E-state index in [1.807, 2.05) is 30.3 Å². The number of carbonyl (C=O) groups is 3. The molecule has 0 radical (unpaired) electrons. The van der Waals surface area contributed by atoms with Crippen LogP contribution in [0.4, 0.5) is 4.79 Å². The van der Waals surface area contributed by atoms with Crippen LogP contribution < -0.4 is 0 Å². The maximum absolute atomic E-state index is 12.9. The highest BCUT2D eigenvalue weighted by atomic mass is 16.5. The van der Waals surface area contributed by atoms with E-state index in [9.17, 15) is 14.4 Å². The number of methoxy groups -OCH3 is 1. The number of amides is 3. The molecule has 0 N–H and O–H groups in total. The summed E-state index contributed by atoms with van der Waals surface area (Å²) in [6, 6.07) is 9.81. The number of rotatable bonds is 3. The Morgan fingerprint density at radius 2 is 1.77 bits per heavy atom. The Kier molecular flexibility index (Phi) is 5.75. The molecule has 0 spiro atoms. The van der Waals surface area contributed by atoms with Crippen molar-refractivity contribution in [3.05, 3.63) is 35.9 Å². The van der Waals surface area contributed by atoms with Crippen molar-refractivity contribution < 1.29 is 19.1 Å². The third-order valence-electron chi connectivity index (χ3n) is 5.02. The molecule has 1 aromatic rings. The highest BCUT2D eigenvalue weighted by Gasteiger charge is 2.37. The van der Waals surface area contributed by atoms with E-state index in [2.05, 4.69) is 0 Å². The van der Waals surface area contributed by atoms with Gasteiger partial charge in [0.25, 0.3) is 0 Å². The second-order valence-corrected chi connectivity index (χ2v) is 6.80. The minimum Gasteiger partial charge on any atom is -0.453 e. The molecular weight excluding hydrogens is 334 g/mol. The van der Waals surface area contributed by atoms with Gasteiger partial charge < -0.3 is 19.4 Å². The first-order valence-corrected chi connectivity index (χ1v) is 9.02. The molecule has 0 saturated carbocycles. The normalized spacial score (nSPS) is 20.9. The van der Waals surface area contributed by atoms with E-state index >= 15 is 0 Å². The Morgan fingerprint density at radius 1 is 1.08 bits per heavy atom. The molecular formula is C19H25N3O4. The van der Waals surface area contributed by atoms with E-state index in [0.29, 0.717) is 39.3 Å². The van der Waals surface area contributed by atoms with Crippen LogP contribution in [0.25, 0.3) is 0 Å². The molecule has 2 aliphatic heterocycles. The molecule has 1 aromatic carbocycles. The van der Waals surface area contributed by atoms with Crippen molar-refractivity contribution in [1.29, 1.82) is 0 Å². The molecule has 26 heavy (non-hydrogen) atoms. The van der Waals surface area contributed by atoms with Crippen molar-refractivity contribution >= 4 is 17.9 Å². The van der Waals surface area contributed by atoms with Crippen molar-refractivity contribution in [3.63, 3.8) is 0 Å². The van der Waals surface area contributed by atoms with Crippen LogP contribution in [0.3, 0.4) is 0 Å². The number of carbonyl (C=O) groups excluding carboxylic acids is 3. The second-order valence-electron chi connectivity index (χ2n) is 6.80. The fourth-order valence-electron chi connectivity index (χ4n) is 3.60. The average molecular weight is 359 g/mol. The van der Waals surface area contributed by atoms with Gasteiger partial charge in [0.2, 0.25) is 11.8 Å². The van der Waals surface area contributed by atoms with Crippen LogP contribution in [-0.2, 0) is 20.9 Å². The summed E-state index contributed by atoms with van der Waals surface area (Å²) in [5, 5.41) is 0. The number of ether oxygens (including phenoxy) is 1. The molecule has 3 rings (SSSR count). The number of nitrogens with zero attached hydrogens (tertiary/aromatic N) is 3. The minimum atomic E-state index is -0.357. The molecule has 7 heteroatoms. The number of hydrogen-bond acceptors (Lipinski definition) is 4. The zero-order chi connectivity index (χ0) is 18.5. The second kappa shape index (κ2) is 8.21. The number of hydrogen-bond donors (Lipinski definition) is 0. The summed E-state index contributed by atoms with van der Waals surface area (Å²) >= 11 is 0. The van der Waals surface area contributed by atoms with Gasteiger partial charge in [-0.2, -0.15) is 0 Å². The summed E-state index contributed by atoms with van der Waals surface area (Å²) in [7, 11) is 1.36. The van der Waals surface area contributed by atoms with Gasteiger partial charge in [-0.3, -0.25) is 9.59 Å². The summed E-state index contributed by atoms with van der Waals surface area (Å²) in [5.41, 5.74) is 1.07. The lowest BCUT2D eigenvalue weighted by Crippen LogP contribution is -2.40. The SMILES string of the molecule is COC(=O)N1CCCN(C(=O)C2CC(=O)N(Cc3ccccc3)C2)CC1. The molecule has 2 aliphatic rings. The molecule has 2 heterocycles. The standard InChI is InChI=1S/C19H25N3O4/c1-26-19(25)21-9-5-8-20(10-11-21)18(24)16-12-17(23)22(14-16)13-15-6-3-2-4-7-15/h2-4,6-7,16H,5,8-14H2,1H3. The van der Waals surface area contributed by atoms with Crippen LogP contribution in [0, 0.1) is 5.92 Å². The molecule has 0 bridgehead atoms. The van der Waals surface area contributed by atoms with E-state index in [1.54, 1.807) is 14.7 Å². The number of likely N-dealkylation sites (tertiary alicyclic amines) is 1. The van der Waals surface area contributed by atoms with Gasteiger partial charge in [-0.1, -0.05) is 30.3 Å². The van der Waals surface area contributed by atoms with Gasteiger partial charge >= 0.3 is 6.09 Å². The quantitative estimate of drug-likeness (QED) is 0.817. The molecule has 2 saturated heterocycles. The highest BCUT2D eigenvalue weighted by molar-refractivity contribution is 5.89. The Bertz CT molecular complexity index is 664. The lowest BCUT2D eigenvalue weighted by Gasteiger charge is -2.24. The van der Waals surface area contributed by atoms with E-state index in [-0.39, 0.29) is 30.2 Å². The van der Waals surface area contributed by atoms with Crippen LogP contribution in [0.1, 0.15) is 18.4 Å². The van der Waals surface area contributed by atoms with Crippen molar-refractivity contribution in [3.8, 4) is 0 Å². The van der Waals surface area contributed by atoms with Crippen LogP contribution in [-0.4, -0.2) is 72.4 Å². The summed E-state index contributed by atoms with van der Waals surface area (Å²) < 4.78 is 4.76. The van der Waals surface area contributed by atoms with E-state index in [1.165, 1.54) is 7.11 Å². The molecule has 0 aromatic heterocycles. The molecule has 7 nitrogen and oxygen atoms in total. The summed E-state index contributed by atoms with van der Waals surface area (Å²) in [6.07, 6.45) is 0.627. The summed E-state index contributed by atoms with van der Waals surface area (Å²) in [4.78, 5) is 42.0. The van der Waals surface area contributed by atoms with Gasteiger partial charge in [-0.25, -0.2) is 4.79 Å². The van der Waals surface area contributed by atoms with E-state index in [0.717, 1.165) is 12.0 Å². The lowest BCUT2D eigenvalue weighted by atomic mass is 10.1. The maximum Gasteiger partial charge on any atom is 0.409 e. The van der Waals surface area contributed by atoms with E-state index in [4.69, 9.17) is 4.74 Å². The predicted molar refractivity (Wildman–Crippen MR) is 95.1 cm³/mol. The Morgan fingerprint density at radius 3 is 2.50 bits per heavy atom. The van der Waals surface area contributed by atoms with Gasteiger partial charge in [0.05, 0.1) is 13.0 Å². The van der Waals surface area contributed by atoms with Gasteiger partial charge in [-0.05, 0) is 12.0 Å². The Balaban J connectivity index is 1.57. The number of benzene rings is 1. The molecule has 0 aliphatic carbocycles. The van der Waals surface area contributed by atoms with Gasteiger partial charge in [0.15, 0.2) is 0 Å². The molecule has 1 unspecified atom stereocenters. The lowest BCUT2D eigenvalue weighted by molar-refractivity contribution is -0.135. The summed E-state index contributed by atoms with van der Waals surface area (Å²) in [5.74, 6) is -0.255. The van der Waals surface area contributed by atoms with Gasteiger partial charge in [0.1, 0.15) is 0 Å². The van der Waals surface area contributed by atoms with Crippen molar-refractivity contribution in [1.82, 2.24) is 14.7 Å². The van der Waals surface area contributed by atoms with Crippen molar-refractivity contribution in [2.75, 3.05) is 39.8 Å². The average Bonchev–Trinajstić information content (AvgIpc) is 2.87. The van der Waals surface area contributed by atoms with Crippen LogP contribution in [0.5, 0.6) is 0 Å². The van der Waals surface area contributed by atoms with Crippen LogP contribution >= 0.6 is 0 Å². The molecule has 3 amide bonds. The first-order chi connectivity index (χ1) is 12.6. The molecule has 2 fully saturated rings. The third kappa shape index (κ3) is 4.15.